The quantitative estimate of drug-likeness (QED) is 0.508. The lowest BCUT2D eigenvalue weighted by Crippen LogP contribution is -2.31. The van der Waals surface area contributed by atoms with Crippen LogP contribution in [0.1, 0.15) is 40.0 Å². The highest BCUT2D eigenvalue weighted by atomic mass is 16.1. The van der Waals surface area contributed by atoms with E-state index >= 15 is 0 Å². The third-order valence-corrected chi connectivity index (χ3v) is 5.88. The summed E-state index contributed by atoms with van der Waals surface area (Å²) in [5, 5.41) is 8.71. The Labute approximate surface area is 186 Å². The third kappa shape index (κ3) is 3.58. The van der Waals surface area contributed by atoms with Crippen LogP contribution in [0, 0.1) is 0 Å². The summed E-state index contributed by atoms with van der Waals surface area (Å²) < 4.78 is 1.68. The molecule has 3 heterocycles. The molecule has 2 aromatic carbocycles. The number of primary amides is 1. The van der Waals surface area contributed by atoms with Crippen LogP contribution in [0.4, 0.5) is 5.82 Å². The number of nitrogens with two attached hydrogens (primary N) is 1. The number of hydrogen-bond donors (Lipinski definition) is 2. The van der Waals surface area contributed by atoms with Crippen LogP contribution in [-0.2, 0) is 13.1 Å². The fourth-order valence-electron chi connectivity index (χ4n) is 4.39. The minimum atomic E-state index is -0.483. The molecule has 162 valence electrons. The van der Waals surface area contributed by atoms with Crippen molar-refractivity contribution in [3.63, 3.8) is 0 Å². The second-order valence-electron chi connectivity index (χ2n) is 8.33. The molecule has 8 nitrogen and oxygen atoms in total. The first-order valence-electron chi connectivity index (χ1n) is 10.7. The lowest BCUT2D eigenvalue weighted by atomic mass is 9.97. The second-order valence-corrected chi connectivity index (χ2v) is 8.33. The van der Waals surface area contributed by atoms with E-state index in [4.69, 9.17) is 15.7 Å². The first-order chi connectivity index (χ1) is 15.5. The Kier molecular flexibility index (Phi) is 5.07. The molecule has 0 aliphatic carbocycles. The van der Waals surface area contributed by atoms with Gasteiger partial charge in [0.2, 0.25) is 5.91 Å². The monoisotopic (exact) mass is 427 g/mol. The highest BCUT2D eigenvalue weighted by molar-refractivity contribution is 6.05. The first kappa shape index (κ1) is 20.1. The van der Waals surface area contributed by atoms with Crippen LogP contribution in [0.25, 0.3) is 16.9 Å². The van der Waals surface area contributed by atoms with Gasteiger partial charge in [0, 0.05) is 36.5 Å². The zero-order valence-corrected chi connectivity index (χ0v) is 18.1. The minimum absolute atomic E-state index is 0.255. The van der Waals surface area contributed by atoms with Crippen LogP contribution < -0.4 is 11.1 Å². The number of carbonyl (C=O) groups is 1. The maximum atomic E-state index is 11.8. The van der Waals surface area contributed by atoms with Gasteiger partial charge in [-0.25, -0.2) is 4.98 Å². The summed E-state index contributed by atoms with van der Waals surface area (Å²) in [5.74, 6) is 1.06. The average Bonchev–Trinajstić information content (AvgIpc) is 3.22. The molecule has 0 spiro atoms. The van der Waals surface area contributed by atoms with Gasteiger partial charge in [-0.1, -0.05) is 43.3 Å². The Morgan fingerprint density at radius 3 is 2.75 bits per heavy atom. The molecular formula is C24H25N7O. The second kappa shape index (κ2) is 8.05. The summed E-state index contributed by atoms with van der Waals surface area (Å²) in [6, 6.07) is 15.6. The molecule has 1 unspecified atom stereocenters. The Morgan fingerprint density at radius 1 is 1.16 bits per heavy atom. The molecule has 5 rings (SSSR count). The lowest BCUT2D eigenvalue weighted by molar-refractivity contribution is 0.100. The van der Waals surface area contributed by atoms with Gasteiger partial charge in [0.15, 0.2) is 0 Å². The summed E-state index contributed by atoms with van der Waals surface area (Å²) in [4.78, 5) is 23.9. The highest BCUT2D eigenvalue weighted by Crippen LogP contribution is 2.31. The van der Waals surface area contributed by atoms with Gasteiger partial charge in [-0.05, 0) is 24.7 Å². The third-order valence-electron chi connectivity index (χ3n) is 5.88. The van der Waals surface area contributed by atoms with Gasteiger partial charge in [0.1, 0.15) is 5.82 Å². The molecule has 1 atom stereocenters. The molecule has 1 aliphatic heterocycles. The molecule has 1 aliphatic rings. The number of benzene rings is 2. The number of fused-ring (bicyclic) bond motifs is 2. The molecule has 2 aromatic heterocycles. The van der Waals surface area contributed by atoms with E-state index in [1.54, 1.807) is 23.0 Å². The number of likely N-dealkylation sites (N-methyl/N-ethyl adjacent to an activating group) is 1. The van der Waals surface area contributed by atoms with E-state index in [2.05, 4.69) is 41.4 Å². The fraction of sp³-hybridized carbons (Fsp3) is 0.250. The first-order valence-corrected chi connectivity index (χ1v) is 10.7. The van der Waals surface area contributed by atoms with Crippen molar-refractivity contribution in [2.24, 2.45) is 5.73 Å². The average molecular weight is 428 g/mol. The van der Waals surface area contributed by atoms with Crippen molar-refractivity contribution in [1.29, 1.82) is 0 Å². The van der Waals surface area contributed by atoms with Crippen LogP contribution in [0.5, 0.6) is 0 Å². The fourth-order valence-corrected chi connectivity index (χ4v) is 4.39. The molecule has 0 radical (unpaired) electrons. The predicted octanol–water partition coefficient (Wildman–Crippen LogP) is 3.08. The summed E-state index contributed by atoms with van der Waals surface area (Å²) >= 11 is 0. The van der Waals surface area contributed by atoms with Gasteiger partial charge in [0.05, 0.1) is 23.0 Å². The number of rotatable bonds is 5. The Morgan fingerprint density at radius 2 is 1.97 bits per heavy atom. The highest BCUT2D eigenvalue weighted by Gasteiger charge is 2.27. The van der Waals surface area contributed by atoms with Crippen molar-refractivity contribution < 1.29 is 4.79 Å². The number of hydrogen-bond acceptors (Lipinski definition) is 6. The van der Waals surface area contributed by atoms with Gasteiger partial charge >= 0.3 is 0 Å². The molecular weight excluding hydrogens is 402 g/mol. The topological polar surface area (TPSA) is 102 Å². The summed E-state index contributed by atoms with van der Waals surface area (Å²) in [6.45, 7) is 4.54. The van der Waals surface area contributed by atoms with Crippen molar-refractivity contribution >= 4 is 22.6 Å². The maximum absolute atomic E-state index is 11.8. The molecule has 8 heteroatoms. The van der Waals surface area contributed by atoms with Crippen LogP contribution >= 0.6 is 0 Å². The molecule has 0 fully saturated rings. The van der Waals surface area contributed by atoms with Gasteiger partial charge in [0.25, 0.3) is 5.95 Å². The standard InChI is InChI=1S/C24H25N7O/c1-15-13-30(2)14-19-21(15)28-24(29-23(19)26-11-16-7-4-3-5-8-16)31-20-10-6-9-17(22(25)32)18(20)12-27-31/h3-10,12,15H,11,13-14H2,1-2H3,(H2,25,32)(H,26,28,29). The van der Waals surface area contributed by atoms with E-state index in [0.29, 0.717) is 23.4 Å². The van der Waals surface area contributed by atoms with E-state index in [1.807, 2.05) is 24.3 Å². The minimum Gasteiger partial charge on any atom is -0.366 e. The van der Waals surface area contributed by atoms with Gasteiger partial charge < -0.3 is 16.0 Å². The maximum Gasteiger partial charge on any atom is 0.253 e. The van der Waals surface area contributed by atoms with Crippen LogP contribution in [0.2, 0.25) is 0 Å². The predicted molar refractivity (Wildman–Crippen MR) is 124 cm³/mol. The van der Waals surface area contributed by atoms with Gasteiger partial charge in [-0.15, -0.1) is 0 Å². The molecule has 1 amide bonds. The number of anilines is 1. The lowest BCUT2D eigenvalue weighted by Gasteiger charge is -2.30. The van der Waals surface area contributed by atoms with Gasteiger partial charge in [-0.2, -0.15) is 14.8 Å². The number of nitrogens with zero attached hydrogens (tertiary/aromatic N) is 5. The molecule has 0 saturated carbocycles. The van der Waals surface area contributed by atoms with E-state index < -0.39 is 5.91 Å². The van der Waals surface area contributed by atoms with Crippen LogP contribution in [-0.4, -0.2) is 44.1 Å². The van der Waals surface area contributed by atoms with Crippen molar-refractivity contribution in [2.45, 2.75) is 25.9 Å². The van der Waals surface area contributed by atoms with Crippen LogP contribution in [0.3, 0.4) is 0 Å². The van der Waals surface area contributed by atoms with Crippen molar-refractivity contribution in [3.05, 3.63) is 77.1 Å². The number of aromatic nitrogens is 4. The summed E-state index contributed by atoms with van der Waals surface area (Å²) in [7, 11) is 2.11. The number of nitrogens with one attached hydrogen (secondary N) is 1. The number of carbonyl (C=O) groups excluding carboxylic acids is 1. The number of amides is 1. The Hall–Kier alpha value is -3.78. The van der Waals surface area contributed by atoms with E-state index in [1.165, 1.54) is 5.56 Å². The molecule has 0 bridgehead atoms. The van der Waals surface area contributed by atoms with E-state index in [0.717, 1.165) is 35.7 Å². The SMILES string of the molecule is CC1CN(C)Cc2c(NCc3ccccc3)nc(-n3ncc4c(C(N)=O)cccc43)nc21. The zero-order valence-electron chi connectivity index (χ0n) is 18.1. The summed E-state index contributed by atoms with van der Waals surface area (Å²) in [6.07, 6.45) is 1.65. The zero-order chi connectivity index (χ0) is 22.2. The smallest absolute Gasteiger partial charge is 0.253 e. The van der Waals surface area contributed by atoms with Crippen molar-refractivity contribution in [2.75, 3.05) is 18.9 Å². The molecule has 3 N–H and O–H groups in total. The molecule has 32 heavy (non-hydrogen) atoms. The van der Waals surface area contributed by atoms with E-state index in [-0.39, 0.29) is 5.92 Å². The van der Waals surface area contributed by atoms with E-state index in [9.17, 15) is 4.79 Å². The largest absolute Gasteiger partial charge is 0.366 e. The molecule has 4 aromatic rings. The Balaban J connectivity index is 1.62. The van der Waals surface area contributed by atoms with Crippen molar-refractivity contribution in [3.8, 4) is 5.95 Å². The summed E-state index contributed by atoms with van der Waals surface area (Å²) in [5.41, 5.74) is 10.0. The Bertz CT molecular complexity index is 1300. The molecule has 0 saturated heterocycles. The van der Waals surface area contributed by atoms with Crippen molar-refractivity contribution in [1.82, 2.24) is 24.6 Å². The normalized spacial score (nSPS) is 16.1. The van der Waals surface area contributed by atoms with Gasteiger partial charge in [-0.3, -0.25) is 4.79 Å². The van der Waals surface area contributed by atoms with Crippen LogP contribution in [0.15, 0.2) is 54.7 Å².